The first-order valence-corrected chi connectivity index (χ1v) is 6.19. The second kappa shape index (κ2) is 4.72. The zero-order valence-corrected chi connectivity index (χ0v) is 10.2. The van der Waals surface area contributed by atoms with Gasteiger partial charge in [-0.15, -0.1) is 0 Å². The summed E-state index contributed by atoms with van der Waals surface area (Å²) in [6, 6.07) is 5.17. The summed E-state index contributed by atoms with van der Waals surface area (Å²) >= 11 is 0. The number of rotatable bonds is 3. The van der Waals surface area contributed by atoms with Crippen LogP contribution in [0.3, 0.4) is 0 Å². The first-order valence-electron chi connectivity index (χ1n) is 6.19. The number of hydrogen-bond donors (Lipinski definition) is 1. The van der Waals surface area contributed by atoms with E-state index in [-0.39, 0.29) is 5.69 Å². The zero-order valence-electron chi connectivity index (χ0n) is 10.2. The second-order valence-electron chi connectivity index (χ2n) is 4.55. The molecule has 0 aliphatic heterocycles. The third kappa shape index (κ3) is 2.42. The number of oxazole rings is 1. The zero-order chi connectivity index (χ0) is 13.2. The van der Waals surface area contributed by atoms with Crippen LogP contribution in [0.1, 0.15) is 19.3 Å². The van der Waals surface area contributed by atoms with Crippen molar-refractivity contribution in [1.82, 2.24) is 4.98 Å². The second-order valence-corrected chi connectivity index (χ2v) is 4.55. The number of nitrogens with one attached hydrogen (secondary N) is 1. The standard InChI is InChI=1S/C13H13N3O3/c17-16(18)10-6-7-11-12(8-10)19-13(15-11)14-9-4-2-1-3-5-9/h1-2,6-9H,3-5H2,(H,14,15). The van der Waals surface area contributed by atoms with E-state index < -0.39 is 4.92 Å². The molecule has 19 heavy (non-hydrogen) atoms. The number of nitro benzene ring substituents is 1. The van der Waals surface area contributed by atoms with E-state index in [0.29, 0.717) is 23.2 Å². The molecule has 98 valence electrons. The minimum atomic E-state index is -0.443. The molecule has 1 aliphatic carbocycles. The Morgan fingerprint density at radius 1 is 1.42 bits per heavy atom. The molecule has 1 aromatic heterocycles. The monoisotopic (exact) mass is 259 g/mol. The van der Waals surface area contributed by atoms with E-state index >= 15 is 0 Å². The van der Waals surface area contributed by atoms with Crippen LogP contribution in [0.25, 0.3) is 11.1 Å². The summed E-state index contributed by atoms with van der Waals surface area (Å²) in [6.07, 6.45) is 7.32. The Morgan fingerprint density at radius 2 is 2.32 bits per heavy atom. The number of allylic oxidation sites excluding steroid dienone is 1. The van der Waals surface area contributed by atoms with Crippen molar-refractivity contribution in [2.24, 2.45) is 0 Å². The van der Waals surface area contributed by atoms with E-state index in [1.54, 1.807) is 6.07 Å². The summed E-state index contributed by atoms with van der Waals surface area (Å²) in [7, 11) is 0. The topological polar surface area (TPSA) is 81.2 Å². The summed E-state index contributed by atoms with van der Waals surface area (Å²) in [5.41, 5.74) is 1.07. The molecule has 0 bridgehead atoms. The number of nitro groups is 1. The number of nitrogens with zero attached hydrogens (tertiary/aromatic N) is 2. The van der Waals surface area contributed by atoms with E-state index in [1.165, 1.54) is 12.1 Å². The van der Waals surface area contributed by atoms with E-state index in [4.69, 9.17) is 4.42 Å². The first kappa shape index (κ1) is 11.7. The molecule has 0 spiro atoms. The average Bonchev–Trinajstić information content (AvgIpc) is 2.80. The van der Waals surface area contributed by atoms with Crippen molar-refractivity contribution in [3.63, 3.8) is 0 Å². The van der Waals surface area contributed by atoms with Gasteiger partial charge < -0.3 is 9.73 Å². The number of fused-ring (bicyclic) bond motifs is 1. The van der Waals surface area contributed by atoms with Crippen molar-refractivity contribution < 1.29 is 9.34 Å². The predicted molar refractivity (Wildman–Crippen MR) is 71.1 cm³/mol. The Hall–Kier alpha value is -2.37. The molecule has 0 radical (unpaired) electrons. The fourth-order valence-electron chi connectivity index (χ4n) is 2.19. The fourth-order valence-corrected chi connectivity index (χ4v) is 2.19. The van der Waals surface area contributed by atoms with Gasteiger partial charge in [0.25, 0.3) is 11.7 Å². The molecule has 0 fully saturated rings. The van der Waals surface area contributed by atoms with Crippen LogP contribution < -0.4 is 5.32 Å². The van der Waals surface area contributed by atoms with E-state index in [1.807, 2.05) is 0 Å². The molecule has 0 saturated heterocycles. The lowest BCUT2D eigenvalue weighted by Crippen LogP contribution is -2.20. The highest BCUT2D eigenvalue weighted by molar-refractivity contribution is 5.77. The molecule has 3 rings (SSSR count). The van der Waals surface area contributed by atoms with Gasteiger partial charge in [-0.2, -0.15) is 4.98 Å². The number of aromatic nitrogens is 1. The lowest BCUT2D eigenvalue weighted by molar-refractivity contribution is -0.384. The number of non-ortho nitro benzene ring substituents is 1. The SMILES string of the molecule is O=[N+]([O-])c1ccc2nc(NC3CC=CCC3)oc2c1. The number of hydrogen-bond acceptors (Lipinski definition) is 5. The molecule has 0 saturated carbocycles. The van der Waals surface area contributed by atoms with Gasteiger partial charge in [0.15, 0.2) is 5.58 Å². The molecule has 6 heteroatoms. The Morgan fingerprint density at radius 3 is 3.05 bits per heavy atom. The maximum Gasteiger partial charge on any atom is 0.295 e. The normalized spacial score (nSPS) is 18.6. The Kier molecular flexibility index (Phi) is 2.91. The minimum absolute atomic E-state index is 0.01000. The van der Waals surface area contributed by atoms with Crippen molar-refractivity contribution in [3.05, 3.63) is 40.5 Å². The highest BCUT2D eigenvalue weighted by Gasteiger charge is 2.15. The molecule has 1 aromatic carbocycles. The molecule has 6 nitrogen and oxygen atoms in total. The molecule has 1 atom stereocenters. The Labute approximate surface area is 109 Å². The largest absolute Gasteiger partial charge is 0.423 e. The van der Waals surface area contributed by atoms with Crippen LogP contribution in [0.4, 0.5) is 11.7 Å². The molecule has 1 unspecified atom stereocenters. The third-order valence-electron chi connectivity index (χ3n) is 3.18. The molecular formula is C13H13N3O3. The van der Waals surface area contributed by atoms with Gasteiger partial charge in [-0.3, -0.25) is 10.1 Å². The van der Waals surface area contributed by atoms with Crippen molar-refractivity contribution >= 4 is 22.8 Å². The van der Waals surface area contributed by atoms with Gasteiger partial charge in [0.05, 0.1) is 11.0 Å². The first-order chi connectivity index (χ1) is 9.22. The average molecular weight is 259 g/mol. The van der Waals surface area contributed by atoms with Gasteiger partial charge in [0.2, 0.25) is 0 Å². The van der Waals surface area contributed by atoms with Gasteiger partial charge in [-0.05, 0) is 25.3 Å². The van der Waals surface area contributed by atoms with Crippen LogP contribution in [-0.2, 0) is 0 Å². The van der Waals surface area contributed by atoms with Gasteiger partial charge in [-0.25, -0.2) is 0 Å². The van der Waals surface area contributed by atoms with Gasteiger partial charge in [0.1, 0.15) is 5.52 Å². The van der Waals surface area contributed by atoms with Gasteiger partial charge >= 0.3 is 0 Å². The summed E-state index contributed by atoms with van der Waals surface area (Å²) < 4.78 is 5.51. The number of benzene rings is 1. The lowest BCUT2D eigenvalue weighted by Gasteiger charge is -2.17. The lowest BCUT2D eigenvalue weighted by atomic mass is 10.0. The molecule has 1 heterocycles. The third-order valence-corrected chi connectivity index (χ3v) is 3.18. The fraction of sp³-hybridized carbons (Fsp3) is 0.308. The summed E-state index contributed by atoms with van der Waals surface area (Å²) in [4.78, 5) is 14.5. The van der Waals surface area contributed by atoms with Crippen LogP contribution in [0.15, 0.2) is 34.8 Å². The van der Waals surface area contributed by atoms with Crippen LogP contribution in [0, 0.1) is 10.1 Å². The van der Waals surface area contributed by atoms with Crippen LogP contribution in [-0.4, -0.2) is 15.9 Å². The highest BCUT2D eigenvalue weighted by Crippen LogP contribution is 2.25. The smallest absolute Gasteiger partial charge is 0.295 e. The summed E-state index contributed by atoms with van der Waals surface area (Å²) in [6.45, 7) is 0. The van der Waals surface area contributed by atoms with Crippen molar-refractivity contribution in [2.45, 2.75) is 25.3 Å². The number of anilines is 1. The van der Waals surface area contributed by atoms with Gasteiger partial charge in [0, 0.05) is 12.1 Å². The van der Waals surface area contributed by atoms with Crippen LogP contribution in [0.5, 0.6) is 0 Å². The van der Waals surface area contributed by atoms with E-state index in [2.05, 4.69) is 22.5 Å². The van der Waals surface area contributed by atoms with Crippen LogP contribution >= 0.6 is 0 Å². The van der Waals surface area contributed by atoms with E-state index in [0.717, 1.165) is 19.3 Å². The Balaban J connectivity index is 1.84. The van der Waals surface area contributed by atoms with Crippen molar-refractivity contribution in [3.8, 4) is 0 Å². The summed E-state index contributed by atoms with van der Waals surface area (Å²) in [5.74, 6) is 0. The van der Waals surface area contributed by atoms with Crippen molar-refractivity contribution in [2.75, 3.05) is 5.32 Å². The molecule has 1 N–H and O–H groups in total. The van der Waals surface area contributed by atoms with Gasteiger partial charge in [-0.1, -0.05) is 12.2 Å². The van der Waals surface area contributed by atoms with E-state index in [9.17, 15) is 10.1 Å². The maximum absolute atomic E-state index is 10.7. The molecule has 0 amide bonds. The molecular weight excluding hydrogens is 246 g/mol. The quantitative estimate of drug-likeness (QED) is 0.519. The molecule has 1 aliphatic rings. The molecule has 2 aromatic rings. The van der Waals surface area contributed by atoms with Crippen LogP contribution in [0.2, 0.25) is 0 Å². The summed E-state index contributed by atoms with van der Waals surface area (Å²) in [5, 5.41) is 13.9. The maximum atomic E-state index is 10.7. The highest BCUT2D eigenvalue weighted by atomic mass is 16.6. The minimum Gasteiger partial charge on any atom is -0.423 e. The predicted octanol–water partition coefficient (Wildman–Crippen LogP) is 3.26. The Bertz CT molecular complexity index is 648. The van der Waals surface area contributed by atoms with Crippen molar-refractivity contribution in [1.29, 1.82) is 0 Å².